The minimum atomic E-state index is -3.55. The third-order valence-corrected chi connectivity index (χ3v) is 10.6. The first-order valence-electron chi connectivity index (χ1n) is 14.5. The monoisotopic (exact) mass is 615 g/mol. The molecule has 3 heterocycles. The second kappa shape index (κ2) is 12.3. The van der Waals surface area contributed by atoms with Crippen LogP contribution in [0.4, 0.5) is 5.82 Å². The summed E-state index contributed by atoms with van der Waals surface area (Å²) < 4.78 is 29.3. The van der Waals surface area contributed by atoms with Crippen LogP contribution in [0.5, 0.6) is 0 Å². The molecule has 2 aromatic heterocycles. The van der Waals surface area contributed by atoms with E-state index in [1.54, 1.807) is 28.8 Å². The highest BCUT2D eigenvalue weighted by Crippen LogP contribution is 2.31. The van der Waals surface area contributed by atoms with Gasteiger partial charge in [-0.15, -0.1) is 11.3 Å². The van der Waals surface area contributed by atoms with E-state index >= 15 is 0 Å². The van der Waals surface area contributed by atoms with Gasteiger partial charge >= 0.3 is 0 Å². The molecule has 0 radical (unpaired) electrons. The van der Waals surface area contributed by atoms with Gasteiger partial charge in [0.25, 0.3) is 0 Å². The van der Waals surface area contributed by atoms with E-state index < -0.39 is 10.0 Å². The summed E-state index contributed by atoms with van der Waals surface area (Å²) in [6.45, 7) is 7.99. The average Bonchev–Trinajstić information content (AvgIpc) is 3.36. The van der Waals surface area contributed by atoms with E-state index in [4.69, 9.17) is 0 Å². The number of thiazole rings is 1. The summed E-state index contributed by atoms with van der Waals surface area (Å²) >= 11 is 1.52. The lowest BCUT2D eigenvalue weighted by molar-refractivity contribution is 0.184. The van der Waals surface area contributed by atoms with Gasteiger partial charge < -0.3 is 10.2 Å². The first-order valence-corrected chi connectivity index (χ1v) is 16.8. The second-order valence-electron chi connectivity index (χ2n) is 11.5. The molecule has 1 N–H and O–H groups in total. The zero-order valence-electron chi connectivity index (χ0n) is 25.0. The quantitative estimate of drug-likeness (QED) is 0.245. The maximum Gasteiger partial charge on any atom is 0.243 e. The van der Waals surface area contributed by atoms with Gasteiger partial charge in [-0.3, -0.25) is 4.90 Å². The molecular weight excluding hydrogens is 579 g/mol. The largest absolute Gasteiger partial charge is 0.366 e. The smallest absolute Gasteiger partial charge is 0.243 e. The van der Waals surface area contributed by atoms with E-state index in [1.165, 1.54) is 16.9 Å². The number of nitrogens with zero attached hydrogens (tertiary/aromatic N) is 6. The lowest BCUT2D eigenvalue weighted by Gasteiger charge is -2.35. The summed E-state index contributed by atoms with van der Waals surface area (Å²) in [5, 5.41) is 5.51. The van der Waals surface area contributed by atoms with Gasteiger partial charge in [0.1, 0.15) is 12.1 Å². The number of aromatic nitrogens is 3. The van der Waals surface area contributed by atoms with Crippen LogP contribution in [0.3, 0.4) is 0 Å². The molecule has 0 bridgehead atoms. The predicted molar refractivity (Wildman–Crippen MR) is 175 cm³/mol. The van der Waals surface area contributed by atoms with Gasteiger partial charge in [0.15, 0.2) is 0 Å². The lowest BCUT2D eigenvalue weighted by Crippen LogP contribution is -2.50. The Kier molecular flexibility index (Phi) is 8.43. The van der Waals surface area contributed by atoms with E-state index in [0.717, 1.165) is 56.2 Å². The molecule has 0 amide bonds. The van der Waals surface area contributed by atoms with Crippen molar-refractivity contribution >= 4 is 48.3 Å². The van der Waals surface area contributed by atoms with Crippen molar-refractivity contribution in [3.05, 3.63) is 77.6 Å². The van der Waals surface area contributed by atoms with Gasteiger partial charge in [0.2, 0.25) is 10.0 Å². The van der Waals surface area contributed by atoms with Gasteiger partial charge in [0, 0.05) is 56.3 Å². The van der Waals surface area contributed by atoms with Gasteiger partial charge in [-0.05, 0) is 69.4 Å². The Morgan fingerprint density at radius 2 is 1.79 bits per heavy atom. The van der Waals surface area contributed by atoms with Crippen molar-refractivity contribution in [1.29, 1.82) is 0 Å². The zero-order valence-corrected chi connectivity index (χ0v) is 26.6. The Morgan fingerprint density at radius 1 is 1.00 bits per heavy atom. The van der Waals surface area contributed by atoms with Crippen molar-refractivity contribution in [2.45, 2.75) is 31.3 Å². The number of sulfonamides is 1. The second-order valence-corrected chi connectivity index (χ2v) is 14.6. The molecule has 11 heteroatoms. The number of anilines is 1. The van der Waals surface area contributed by atoms with Gasteiger partial charge in [0.05, 0.1) is 25.6 Å². The molecule has 1 saturated heterocycles. The molecule has 6 rings (SSSR count). The van der Waals surface area contributed by atoms with Crippen molar-refractivity contribution in [3.63, 3.8) is 0 Å². The van der Waals surface area contributed by atoms with Crippen LogP contribution in [-0.4, -0.2) is 90.3 Å². The molecule has 5 aromatic rings. The molecule has 3 aromatic carbocycles. The Balaban J connectivity index is 1.11. The number of benzene rings is 3. The van der Waals surface area contributed by atoms with Crippen LogP contribution < -0.4 is 5.32 Å². The highest BCUT2D eigenvalue weighted by Gasteiger charge is 2.29. The summed E-state index contributed by atoms with van der Waals surface area (Å²) in [6, 6.07) is 20.2. The molecule has 0 spiro atoms. The highest BCUT2D eigenvalue weighted by molar-refractivity contribution is 7.89. The third kappa shape index (κ3) is 6.41. The number of para-hydroxylation sites is 1. The maximum absolute atomic E-state index is 13.4. The first kappa shape index (κ1) is 29.6. The minimum Gasteiger partial charge on any atom is -0.366 e. The van der Waals surface area contributed by atoms with Crippen molar-refractivity contribution in [3.8, 4) is 11.1 Å². The molecule has 9 nitrogen and oxygen atoms in total. The number of aryl methyl sites for hydroxylation is 1. The van der Waals surface area contributed by atoms with Gasteiger partial charge in [-0.25, -0.2) is 23.4 Å². The van der Waals surface area contributed by atoms with E-state index in [-0.39, 0.29) is 6.04 Å². The molecule has 0 saturated carbocycles. The van der Waals surface area contributed by atoms with Crippen LogP contribution in [0.1, 0.15) is 17.5 Å². The zero-order chi connectivity index (χ0) is 30.1. The average molecular weight is 616 g/mol. The maximum atomic E-state index is 13.4. The summed E-state index contributed by atoms with van der Waals surface area (Å²) in [5.74, 6) is 0.804. The predicted octanol–water partition coefficient (Wildman–Crippen LogP) is 5.08. The van der Waals surface area contributed by atoms with E-state index in [0.29, 0.717) is 31.1 Å². The number of fused-ring (bicyclic) bond motifs is 2. The fourth-order valence-corrected chi connectivity index (χ4v) is 8.18. The Hall–Kier alpha value is -3.48. The number of piperazine rings is 1. The lowest BCUT2D eigenvalue weighted by atomic mass is 10.00. The minimum absolute atomic E-state index is 0.102. The van der Waals surface area contributed by atoms with Crippen LogP contribution in [0.25, 0.3) is 32.2 Å². The van der Waals surface area contributed by atoms with Crippen molar-refractivity contribution in [2.75, 3.05) is 52.1 Å². The standard InChI is InChI=1S/C32H37N7O2S2/c1-22(19-38-13-15-39(16-14-38)43(40,41)26-11-12-29-30(18-26)42-23(2)36-29)35-32-28-10-6-9-27(31(28)33-21-34-32)25-8-5-7-24(17-25)20-37(3)4/h5-12,17-18,21-22H,13-16,19-20H2,1-4H3,(H,33,34,35). The fourth-order valence-electron chi connectivity index (χ4n) is 5.79. The summed E-state index contributed by atoms with van der Waals surface area (Å²) in [5.41, 5.74) is 5.23. The Morgan fingerprint density at radius 3 is 2.58 bits per heavy atom. The van der Waals surface area contributed by atoms with Gasteiger partial charge in [-0.1, -0.05) is 30.3 Å². The summed E-state index contributed by atoms with van der Waals surface area (Å²) in [7, 11) is 0.593. The Bertz CT molecular complexity index is 1860. The molecule has 1 atom stereocenters. The molecule has 43 heavy (non-hydrogen) atoms. The van der Waals surface area contributed by atoms with Crippen LogP contribution in [-0.2, 0) is 16.6 Å². The number of nitrogens with one attached hydrogen (secondary N) is 1. The molecule has 1 unspecified atom stereocenters. The van der Waals surface area contributed by atoms with Crippen molar-refractivity contribution in [2.24, 2.45) is 0 Å². The van der Waals surface area contributed by atoms with Gasteiger partial charge in [-0.2, -0.15) is 4.31 Å². The van der Waals surface area contributed by atoms with Crippen LogP contribution in [0.15, 0.2) is 71.9 Å². The molecule has 1 fully saturated rings. The summed E-state index contributed by atoms with van der Waals surface area (Å²) in [4.78, 5) is 18.5. The van der Waals surface area contributed by atoms with Crippen LogP contribution in [0.2, 0.25) is 0 Å². The van der Waals surface area contributed by atoms with Crippen molar-refractivity contribution in [1.82, 2.24) is 29.1 Å². The van der Waals surface area contributed by atoms with Crippen molar-refractivity contribution < 1.29 is 8.42 Å². The molecular formula is C32H37N7O2S2. The third-order valence-electron chi connectivity index (χ3n) is 7.75. The fraction of sp³-hybridized carbons (Fsp3) is 0.344. The molecule has 0 aliphatic carbocycles. The normalized spacial score (nSPS) is 15.8. The molecule has 1 aliphatic heterocycles. The van der Waals surface area contributed by atoms with E-state index in [1.807, 2.05) is 6.92 Å². The van der Waals surface area contributed by atoms with Crippen LogP contribution in [0, 0.1) is 6.92 Å². The number of hydrogen-bond acceptors (Lipinski definition) is 9. The molecule has 224 valence electrons. The molecule has 1 aliphatic rings. The SMILES string of the molecule is Cc1nc2ccc(S(=O)(=O)N3CCN(CC(C)Nc4ncnc5c(-c6cccc(CN(C)C)c6)cccc45)CC3)cc2s1. The first-order chi connectivity index (χ1) is 20.7. The number of hydrogen-bond donors (Lipinski definition) is 1. The highest BCUT2D eigenvalue weighted by atomic mass is 32.2. The topological polar surface area (TPSA) is 94.6 Å². The van der Waals surface area contributed by atoms with E-state index in [9.17, 15) is 8.42 Å². The van der Waals surface area contributed by atoms with Crippen LogP contribution >= 0.6 is 11.3 Å². The Labute approximate surface area is 257 Å². The van der Waals surface area contributed by atoms with E-state index in [2.05, 4.69) is 93.6 Å². The number of rotatable bonds is 9. The summed E-state index contributed by atoms with van der Waals surface area (Å²) in [6.07, 6.45) is 1.62.